The standard InChI is InChI=1S/C22H20FN7O.C20H18ClN7O2.2C2HF3O2/c23-16-2-4-17(5-3-16)30-19-14-25-8-7-18(19)27-21(30)15-1-6-20(26-13-15)28-9-11-29(12-10-28)22(24)31;21-13-1-3-14(4-2-13)28-16-11-23-6-5-15(16)25-18(28)17-12-24-20(30-17)27-9-7-26(8-10-27)19(22)29;2*3-2(4,5)1(6)7/h1-8,13-14H,9-12H2,(H2,24,31);1-6,11-12H,7-10H2,(H2,22,29);2*(H,6,7). The molecular weight excluding hydrogens is 1030 g/mol. The van der Waals surface area contributed by atoms with E-state index >= 15 is 0 Å². The Hall–Kier alpha value is -9.08. The number of rotatable bonds is 6. The zero-order valence-corrected chi connectivity index (χ0v) is 39.3. The maximum atomic E-state index is 13.5. The number of nitrogens with zero attached hydrogens (tertiary/aromatic N) is 12. The van der Waals surface area contributed by atoms with E-state index in [9.17, 15) is 40.3 Å². The van der Waals surface area contributed by atoms with Gasteiger partial charge in [-0.15, -0.1) is 0 Å². The number of hydrogen-bond acceptors (Lipinski definition) is 13. The summed E-state index contributed by atoms with van der Waals surface area (Å²) in [4.78, 5) is 74.8. The van der Waals surface area contributed by atoms with Crippen LogP contribution >= 0.6 is 11.6 Å². The molecule has 29 heteroatoms. The van der Waals surface area contributed by atoms with Crippen LogP contribution in [0.4, 0.5) is 52.2 Å². The molecule has 2 aliphatic rings. The number of pyridine rings is 3. The number of primary amides is 2. The summed E-state index contributed by atoms with van der Waals surface area (Å²) < 4.78 is 86.9. The molecule has 6 N–H and O–H groups in total. The Balaban J connectivity index is 0.000000175. The number of imidazole rings is 2. The van der Waals surface area contributed by atoms with Gasteiger partial charge in [-0.2, -0.15) is 26.3 Å². The van der Waals surface area contributed by atoms with Crippen LogP contribution in [0.15, 0.2) is 114 Å². The lowest BCUT2D eigenvalue weighted by atomic mass is 10.2. The van der Waals surface area contributed by atoms with Gasteiger partial charge < -0.3 is 45.7 Å². The largest absolute Gasteiger partial charge is 0.490 e. The van der Waals surface area contributed by atoms with Crippen LogP contribution in [0.1, 0.15) is 0 Å². The first-order valence-corrected chi connectivity index (χ1v) is 22.2. The normalized spacial score (nSPS) is 13.8. The summed E-state index contributed by atoms with van der Waals surface area (Å²) in [5.41, 5.74) is 16.5. The number of amides is 4. The molecule has 2 fully saturated rings. The monoisotopic (exact) mass is 1070 g/mol. The van der Waals surface area contributed by atoms with E-state index in [1.807, 2.05) is 62.6 Å². The average molecular weight is 1070 g/mol. The topological polar surface area (TPSA) is 274 Å². The van der Waals surface area contributed by atoms with Gasteiger partial charge in [0.15, 0.2) is 11.6 Å². The summed E-state index contributed by atoms with van der Waals surface area (Å²) >= 11 is 6.06. The van der Waals surface area contributed by atoms with Gasteiger partial charge in [-0.05, 0) is 72.8 Å². The fourth-order valence-electron chi connectivity index (χ4n) is 7.40. The van der Waals surface area contributed by atoms with E-state index in [-0.39, 0.29) is 5.82 Å². The number of alkyl halides is 6. The molecule has 75 heavy (non-hydrogen) atoms. The average Bonchev–Trinajstić information content (AvgIpc) is 4.15. The first-order chi connectivity index (χ1) is 35.6. The molecular formula is C46H40ClF7N14O7. The van der Waals surface area contributed by atoms with Crippen molar-refractivity contribution in [1.82, 2.24) is 48.8 Å². The summed E-state index contributed by atoms with van der Waals surface area (Å²) in [6.07, 6.45) is 0.188. The Kier molecular flexibility index (Phi) is 16.3. The number of anilines is 2. The molecule has 6 aromatic heterocycles. The second-order valence-electron chi connectivity index (χ2n) is 15.9. The van der Waals surface area contributed by atoms with Crippen LogP contribution in [-0.2, 0) is 9.59 Å². The van der Waals surface area contributed by atoms with Crippen molar-refractivity contribution in [3.05, 3.63) is 121 Å². The van der Waals surface area contributed by atoms with Crippen LogP contribution in [0.3, 0.4) is 0 Å². The molecule has 0 atom stereocenters. The Bertz CT molecular complexity index is 3260. The zero-order chi connectivity index (χ0) is 54.2. The first-order valence-electron chi connectivity index (χ1n) is 21.9. The van der Waals surface area contributed by atoms with Crippen LogP contribution in [0, 0.1) is 5.82 Å². The summed E-state index contributed by atoms with van der Waals surface area (Å²) in [6, 6.07) is 21.1. The first kappa shape index (κ1) is 53.7. The number of halogens is 8. The number of nitrogens with two attached hydrogens (primary N) is 2. The number of fused-ring (bicyclic) bond motifs is 2. The zero-order valence-electron chi connectivity index (χ0n) is 38.5. The van der Waals surface area contributed by atoms with Crippen LogP contribution in [0.25, 0.3) is 56.4 Å². The van der Waals surface area contributed by atoms with Gasteiger partial charge in [-0.25, -0.2) is 43.5 Å². The van der Waals surface area contributed by atoms with Crippen molar-refractivity contribution in [3.8, 4) is 34.3 Å². The molecule has 392 valence electrons. The van der Waals surface area contributed by atoms with E-state index in [0.717, 1.165) is 44.8 Å². The molecule has 8 heterocycles. The number of carbonyl (C=O) groups excluding carboxylic acids is 2. The van der Waals surface area contributed by atoms with Gasteiger partial charge in [0.2, 0.25) is 0 Å². The molecule has 2 saturated heterocycles. The van der Waals surface area contributed by atoms with Gasteiger partial charge in [-0.3, -0.25) is 19.1 Å². The smallest absolute Gasteiger partial charge is 0.475 e. The molecule has 0 bridgehead atoms. The van der Waals surface area contributed by atoms with Crippen molar-refractivity contribution in [2.75, 3.05) is 62.2 Å². The van der Waals surface area contributed by atoms with Gasteiger partial charge in [0, 0.05) is 92.9 Å². The van der Waals surface area contributed by atoms with Gasteiger partial charge in [-0.1, -0.05) is 11.6 Å². The Morgan fingerprint density at radius 3 is 1.48 bits per heavy atom. The molecule has 21 nitrogen and oxygen atoms in total. The molecule has 0 unspecified atom stereocenters. The minimum Gasteiger partial charge on any atom is -0.475 e. The molecule has 0 aliphatic carbocycles. The predicted octanol–water partition coefficient (Wildman–Crippen LogP) is 7.02. The maximum Gasteiger partial charge on any atom is 0.490 e. The van der Waals surface area contributed by atoms with Crippen molar-refractivity contribution in [1.29, 1.82) is 0 Å². The Labute approximate surface area is 423 Å². The third-order valence-corrected chi connectivity index (χ3v) is 11.3. The van der Waals surface area contributed by atoms with Gasteiger partial charge in [0.1, 0.15) is 17.5 Å². The third kappa shape index (κ3) is 13.1. The second kappa shape index (κ2) is 22.8. The summed E-state index contributed by atoms with van der Waals surface area (Å²) in [5.74, 6) is -3.12. The molecule has 0 saturated carbocycles. The van der Waals surface area contributed by atoms with Crippen molar-refractivity contribution in [2.24, 2.45) is 11.5 Å². The molecule has 10 rings (SSSR count). The number of aliphatic carboxylic acids is 2. The highest BCUT2D eigenvalue weighted by Gasteiger charge is 2.39. The van der Waals surface area contributed by atoms with E-state index in [2.05, 4.69) is 24.8 Å². The number of aromatic nitrogens is 8. The van der Waals surface area contributed by atoms with E-state index in [4.69, 9.17) is 57.3 Å². The lowest BCUT2D eigenvalue weighted by Crippen LogP contribution is -2.50. The summed E-state index contributed by atoms with van der Waals surface area (Å²) in [7, 11) is 0. The molecule has 0 radical (unpaired) electrons. The fraction of sp³-hybridized carbons (Fsp3) is 0.217. The van der Waals surface area contributed by atoms with Gasteiger partial charge in [0.05, 0.1) is 40.7 Å². The minimum atomic E-state index is -5.08. The van der Waals surface area contributed by atoms with Crippen LogP contribution in [0.2, 0.25) is 5.02 Å². The molecule has 2 aromatic carbocycles. The molecule has 0 spiro atoms. The summed E-state index contributed by atoms with van der Waals surface area (Å²) in [5, 5.41) is 14.9. The van der Waals surface area contributed by atoms with Crippen LogP contribution < -0.4 is 21.3 Å². The summed E-state index contributed by atoms with van der Waals surface area (Å²) in [6.45, 7) is 4.76. The molecule has 4 amide bonds. The van der Waals surface area contributed by atoms with Crippen molar-refractivity contribution in [2.45, 2.75) is 12.4 Å². The highest BCUT2D eigenvalue weighted by atomic mass is 35.5. The van der Waals surface area contributed by atoms with Crippen molar-refractivity contribution >= 4 is 69.5 Å². The van der Waals surface area contributed by atoms with E-state index < -0.39 is 36.4 Å². The highest BCUT2D eigenvalue weighted by Crippen LogP contribution is 2.32. The number of urea groups is 2. The Morgan fingerprint density at radius 2 is 1.03 bits per heavy atom. The lowest BCUT2D eigenvalue weighted by molar-refractivity contribution is -0.193. The fourth-order valence-corrected chi connectivity index (χ4v) is 7.53. The van der Waals surface area contributed by atoms with Crippen molar-refractivity contribution < 1.29 is 64.5 Å². The van der Waals surface area contributed by atoms with Crippen molar-refractivity contribution in [3.63, 3.8) is 0 Å². The van der Waals surface area contributed by atoms with Crippen LogP contribution in [-0.4, -0.2) is 148 Å². The molecule has 8 aromatic rings. The number of oxazole rings is 1. The van der Waals surface area contributed by atoms with E-state index in [1.54, 1.807) is 59.1 Å². The molecule has 2 aliphatic heterocycles. The quantitative estimate of drug-likeness (QED) is 0.122. The van der Waals surface area contributed by atoms with E-state index in [1.165, 1.54) is 12.1 Å². The number of carbonyl (C=O) groups is 4. The maximum absolute atomic E-state index is 13.5. The van der Waals surface area contributed by atoms with Crippen LogP contribution in [0.5, 0.6) is 0 Å². The number of hydrogen-bond donors (Lipinski definition) is 4. The minimum absolute atomic E-state index is 0.296. The number of carboxylic acid groups (broad SMARTS) is 2. The lowest BCUT2D eigenvalue weighted by Gasteiger charge is -2.34. The Morgan fingerprint density at radius 1 is 0.573 bits per heavy atom. The number of piperazine rings is 2. The SMILES string of the molecule is NC(=O)N1CCN(c2ccc(-c3nc4ccncc4n3-c3ccc(F)cc3)cn2)CC1.NC(=O)N1CCN(c2ncc(-c3nc4ccncc4n3-c3ccc(Cl)cc3)o2)CC1.O=C(O)C(F)(F)F.O=C(O)C(F)(F)F. The van der Waals surface area contributed by atoms with E-state index in [0.29, 0.717) is 80.8 Å². The number of carboxylic acids is 2. The third-order valence-electron chi connectivity index (χ3n) is 11.1. The highest BCUT2D eigenvalue weighted by molar-refractivity contribution is 6.30. The van der Waals surface area contributed by atoms with Gasteiger partial charge >= 0.3 is 36.4 Å². The number of benzene rings is 2. The van der Waals surface area contributed by atoms with Gasteiger partial charge in [0.25, 0.3) is 6.01 Å². The predicted molar refractivity (Wildman–Crippen MR) is 256 cm³/mol. The second-order valence-corrected chi connectivity index (χ2v) is 16.3.